The van der Waals surface area contributed by atoms with Crippen molar-refractivity contribution < 1.29 is 14.3 Å². The average Bonchev–Trinajstić information content (AvgIpc) is 2.78. The lowest BCUT2D eigenvalue weighted by atomic mass is 9.89. The quantitative estimate of drug-likeness (QED) is 0.634. The SMILES string of the molecule is CC[C@]1(CCC(=O)NCCCOC(C)C)CCC(=O)N1. The minimum Gasteiger partial charge on any atom is -0.379 e. The van der Waals surface area contributed by atoms with Gasteiger partial charge in [0.25, 0.3) is 0 Å². The van der Waals surface area contributed by atoms with E-state index >= 15 is 0 Å². The molecule has 5 heteroatoms. The van der Waals surface area contributed by atoms with Gasteiger partial charge in [0, 0.05) is 31.5 Å². The maximum atomic E-state index is 11.8. The van der Waals surface area contributed by atoms with Crippen molar-refractivity contribution in [2.75, 3.05) is 13.2 Å². The van der Waals surface area contributed by atoms with Crippen molar-refractivity contribution in [2.24, 2.45) is 0 Å². The maximum Gasteiger partial charge on any atom is 0.220 e. The van der Waals surface area contributed by atoms with Crippen LogP contribution in [0.4, 0.5) is 0 Å². The molecule has 1 saturated heterocycles. The summed E-state index contributed by atoms with van der Waals surface area (Å²) in [5, 5.41) is 5.92. The molecule has 0 aliphatic carbocycles. The van der Waals surface area contributed by atoms with Crippen LogP contribution in [0.5, 0.6) is 0 Å². The van der Waals surface area contributed by atoms with Crippen molar-refractivity contribution >= 4 is 11.8 Å². The first-order valence-corrected chi connectivity index (χ1v) is 7.67. The molecule has 0 spiro atoms. The Morgan fingerprint density at radius 2 is 2.25 bits per heavy atom. The van der Waals surface area contributed by atoms with Crippen LogP contribution in [-0.2, 0) is 14.3 Å². The zero-order chi connectivity index (χ0) is 15.0. The Hall–Kier alpha value is -1.10. The molecule has 1 rings (SSSR count). The van der Waals surface area contributed by atoms with E-state index in [9.17, 15) is 9.59 Å². The first-order chi connectivity index (χ1) is 9.47. The van der Waals surface area contributed by atoms with Crippen molar-refractivity contribution in [3.05, 3.63) is 0 Å². The Labute approximate surface area is 121 Å². The van der Waals surface area contributed by atoms with Crippen molar-refractivity contribution in [3.8, 4) is 0 Å². The van der Waals surface area contributed by atoms with Crippen LogP contribution in [0, 0.1) is 0 Å². The lowest BCUT2D eigenvalue weighted by Gasteiger charge is -2.27. The first kappa shape index (κ1) is 17.0. The largest absolute Gasteiger partial charge is 0.379 e. The fourth-order valence-corrected chi connectivity index (χ4v) is 2.46. The topological polar surface area (TPSA) is 67.4 Å². The van der Waals surface area contributed by atoms with Gasteiger partial charge >= 0.3 is 0 Å². The average molecular weight is 284 g/mol. The number of ether oxygens (including phenoxy) is 1. The second-order valence-electron chi connectivity index (χ2n) is 5.81. The smallest absolute Gasteiger partial charge is 0.220 e. The maximum absolute atomic E-state index is 11.8. The van der Waals surface area contributed by atoms with Gasteiger partial charge in [0.05, 0.1) is 6.10 Å². The van der Waals surface area contributed by atoms with Crippen molar-refractivity contribution in [2.45, 2.75) is 70.9 Å². The molecule has 0 unspecified atom stereocenters. The fraction of sp³-hybridized carbons (Fsp3) is 0.867. The summed E-state index contributed by atoms with van der Waals surface area (Å²) in [6.07, 6.45) is 4.58. The molecule has 1 aliphatic heterocycles. The zero-order valence-electron chi connectivity index (χ0n) is 13.0. The van der Waals surface area contributed by atoms with Crippen molar-refractivity contribution in [1.29, 1.82) is 0 Å². The summed E-state index contributed by atoms with van der Waals surface area (Å²) in [4.78, 5) is 23.1. The number of nitrogens with one attached hydrogen (secondary N) is 2. The van der Waals surface area contributed by atoms with E-state index in [0.717, 1.165) is 25.7 Å². The first-order valence-electron chi connectivity index (χ1n) is 7.67. The number of rotatable bonds is 9. The molecule has 1 fully saturated rings. The van der Waals surface area contributed by atoms with Gasteiger partial charge in [-0.1, -0.05) is 6.92 Å². The molecule has 0 radical (unpaired) electrons. The fourth-order valence-electron chi connectivity index (χ4n) is 2.46. The Morgan fingerprint density at radius 1 is 1.50 bits per heavy atom. The second-order valence-corrected chi connectivity index (χ2v) is 5.81. The molecule has 2 N–H and O–H groups in total. The van der Waals surface area contributed by atoms with Crippen LogP contribution >= 0.6 is 0 Å². The molecule has 5 nitrogen and oxygen atoms in total. The van der Waals surface area contributed by atoms with Crippen LogP contribution in [-0.4, -0.2) is 36.6 Å². The Kier molecular flexibility index (Phi) is 6.99. The lowest BCUT2D eigenvalue weighted by molar-refractivity contribution is -0.122. The van der Waals surface area contributed by atoms with Gasteiger partial charge in [-0.2, -0.15) is 0 Å². The second kappa shape index (κ2) is 8.25. The highest BCUT2D eigenvalue weighted by atomic mass is 16.5. The number of hydrogen-bond acceptors (Lipinski definition) is 3. The summed E-state index contributed by atoms with van der Waals surface area (Å²) in [6.45, 7) is 7.38. The Balaban J connectivity index is 2.14. The van der Waals surface area contributed by atoms with E-state index in [1.165, 1.54) is 0 Å². The van der Waals surface area contributed by atoms with E-state index in [4.69, 9.17) is 4.74 Å². The molecule has 0 saturated carbocycles. The molecule has 1 atom stereocenters. The molecule has 1 heterocycles. The molecule has 0 aromatic rings. The molecule has 1 aliphatic rings. The highest BCUT2D eigenvalue weighted by Gasteiger charge is 2.35. The minimum absolute atomic E-state index is 0.0588. The summed E-state index contributed by atoms with van der Waals surface area (Å²) in [6, 6.07) is 0. The molecular weight excluding hydrogens is 256 g/mol. The lowest BCUT2D eigenvalue weighted by Crippen LogP contribution is -2.42. The third kappa shape index (κ3) is 5.90. The van der Waals surface area contributed by atoms with Gasteiger partial charge in [0.1, 0.15) is 0 Å². The monoisotopic (exact) mass is 284 g/mol. The van der Waals surface area contributed by atoms with Crippen LogP contribution in [0.15, 0.2) is 0 Å². The molecule has 20 heavy (non-hydrogen) atoms. The van der Waals surface area contributed by atoms with Crippen molar-refractivity contribution in [1.82, 2.24) is 10.6 Å². The zero-order valence-corrected chi connectivity index (χ0v) is 13.0. The van der Waals surface area contributed by atoms with Gasteiger partial charge in [-0.3, -0.25) is 9.59 Å². The normalized spacial score (nSPS) is 22.1. The molecule has 0 aromatic carbocycles. The summed E-state index contributed by atoms with van der Waals surface area (Å²) >= 11 is 0. The predicted molar refractivity (Wildman–Crippen MR) is 78.3 cm³/mol. The molecule has 0 bridgehead atoms. The highest BCUT2D eigenvalue weighted by Crippen LogP contribution is 2.28. The number of hydrogen-bond donors (Lipinski definition) is 2. The van der Waals surface area contributed by atoms with Gasteiger partial charge in [-0.15, -0.1) is 0 Å². The van der Waals surface area contributed by atoms with Gasteiger partial charge < -0.3 is 15.4 Å². The van der Waals surface area contributed by atoms with Crippen LogP contribution in [0.2, 0.25) is 0 Å². The summed E-state index contributed by atoms with van der Waals surface area (Å²) in [5.74, 6) is 0.168. The highest BCUT2D eigenvalue weighted by molar-refractivity contribution is 5.80. The van der Waals surface area contributed by atoms with Gasteiger partial charge in [0.15, 0.2) is 0 Å². The standard InChI is InChI=1S/C15H28N2O3/c1-4-15(9-7-14(19)17-15)8-6-13(18)16-10-5-11-20-12(2)3/h12H,4-11H2,1-3H3,(H,16,18)(H,17,19)/t15-/m0/s1. The minimum atomic E-state index is -0.158. The van der Waals surface area contributed by atoms with E-state index in [1.54, 1.807) is 0 Å². The summed E-state index contributed by atoms with van der Waals surface area (Å²) in [5.41, 5.74) is -0.158. The molecule has 0 aromatic heterocycles. The van der Waals surface area contributed by atoms with Crippen molar-refractivity contribution in [3.63, 3.8) is 0 Å². The van der Waals surface area contributed by atoms with E-state index in [-0.39, 0.29) is 23.5 Å². The summed E-state index contributed by atoms with van der Waals surface area (Å²) in [7, 11) is 0. The predicted octanol–water partition coefficient (Wildman–Crippen LogP) is 1.76. The third-order valence-corrected chi connectivity index (χ3v) is 3.84. The van der Waals surface area contributed by atoms with Crippen LogP contribution < -0.4 is 10.6 Å². The van der Waals surface area contributed by atoms with Gasteiger partial charge in [-0.25, -0.2) is 0 Å². The number of amides is 2. The Morgan fingerprint density at radius 3 is 2.80 bits per heavy atom. The Bertz CT molecular complexity index is 331. The number of carbonyl (C=O) groups is 2. The van der Waals surface area contributed by atoms with E-state index in [1.807, 2.05) is 13.8 Å². The number of carbonyl (C=O) groups excluding carboxylic acids is 2. The van der Waals surface area contributed by atoms with Crippen LogP contribution in [0.3, 0.4) is 0 Å². The van der Waals surface area contributed by atoms with Gasteiger partial charge in [0.2, 0.25) is 11.8 Å². The van der Waals surface area contributed by atoms with E-state index in [0.29, 0.717) is 26.0 Å². The third-order valence-electron chi connectivity index (χ3n) is 3.84. The molecule has 2 amide bonds. The van der Waals surface area contributed by atoms with E-state index in [2.05, 4.69) is 17.6 Å². The van der Waals surface area contributed by atoms with Crippen LogP contribution in [0.1, 0.15) is 59.3 Å². The summed E-state index contributed by atoms with van der Waals surface area (Å²) < 4.78 is 5.41. The molecule has 116 valence electrons. The molecular formula is C15H28N2O3. The van der Waals surface area contributed by atoms with E-state index < -0.39 is 0 Å². The van der Waals surface area contributed by atoms with Gasteiger partial charge in [-0.05, 0) is 39.5 Å². The van der Waals surface area contributed by atoms with Crippen LogP contribution in [0.25, 0.3) is 0 Å².